The summed E-state index contributed by atoms with van der Waals surface area (Å²) in [5.41, 5.74) is 7.78. The summed E-state index contributed by atoms with van der Waals surface area (Å²) in [4.78, 5) is 0. The van der Waals surface area contributed by atoms with Crippen molar-refractivity contribution in [2.75, 3.05) is 6.54 Å². The zero-order valence-electron chi connectivity index (χ0n) is 8.11. The molecule has 0 saturated heterocycles. The lowest BCUT2D eigenvalue weighted by Crippen LogP contribution is -2.03. The van der Waals surface area contributed by atoms with Crippen LogP contribution in [0.2, 0.25) is 0 Å². The molecule has 0 radical (unpaired) electrons. The summed E-state index contributed by atoms with van der Waals surface area (Å²) in [5.74, 6) is -0.271. The summed E-state index contributed by atoms with van der Waals surface area (Å²) >= 11 is 0. The van der Waals surface area contributed by atoms with Crippen molar-refractivity contribution in [3.8, 4) is 11.1 Å². The Kier molecular flexibility index (Phi) is 2.78. The molecule has 0 spiro atoms. The standard InChI is InChI=1S/C11H11FN2O/c12-9-3-1-2-8(6-9)10-7-15-14-11(10)4-5-13/h1-3,6-7H,4-5,13H2. The maximum Gasteiger partial charge on any atom is 0.131 e. The molecular formula is C11H11FN2O. The molecule has 1 heterocycles. The number of nitrogens with two attached hydrogens (primary N) is 1. The highest BCUT2D eigenvalue weighted by Crippen LogP contribution is 2.23. The van der Waals surface area contributed by atoms with Gasteiger partial charge in [0.2, 0.25) is 0 Å². The quantitative estimate of drug-likeness (QED) is 0.835. The number of benzene rings is 1. The molecule has 0 unspecified atom stereocenters. The predicted octanol–water partition coefficient (Wildman–Crippen LogP) is 1.98. The lowest BCUT2D eigenvalue weighted by molar-refractivity contribution is 0.412. The number of hydrogen-bond donors (Lipinski definition) is 1. The average Bonchev–Trinajstić information content (AvgIpc) is 2.66. The van der Waals surface area contributed by atoms with Gasteiger partial charge in [-0.1, -0.05) is 17.3 Å². The van der Waals surface area contributed by atoms with Gasteiger partial charge in [-0.25, -0.2) is 4.39 Å². The van der Waals surface area contributed by atoms with Gasteiger partial charge in [0.15, 0.2) is 0 Å². The van der Waals surface area contributed by atoms with E-state index in [-0.39, 0.29) is 5.82 Å². The molecule has 0 amide bonds. The molecule has 15 heavy (non-hydrogen) atoms. The van der Waals surface area contributed by atoms with Crippen molar-refractivity contribution in [2.24, 2.45) is 5.73 Å². The van der Waals surface area contributed by atoms with Crippen LogP contribution < -0.4 is 5.73 Å². The van der Waals surface area contributed by atoms with Crippen LogP contribution in [0.4, 0.5) is 4.39 Å². The highest BCUT2D eigenvalue weighted by Gasteiger charge is 2.09. The van der Waals surface area contributed by atoms with E-state index >= 15 is 0 Å². The lowest BCUT2D eigenvalue weighted by Gasteiger charge is -1.99. The molecule has 0 saturated carbocycles. The SMILES string of the molecule is NCCc1nocc1-c1cccc(F)c1. The monoisotopic (exact) mass is 206 g/mol. The molecule has 2 rings (SSSR count). The fraction of sp³-hybridized carbons (Fsp3) is 0.182. The zero-order chi connectivity index (χ0) is 10.7. The Labute approximate surface area is 86.7 Å². The molecular weight excluding hydrogens is 195 g/mol. The Bertz CT molecular complexity index is 453. The Morgan fingerprint density at radius 3 is 3.00 bits per heavy atom. The summed E-state index contributed by atoms with van der Waals surface area (Å²) in [6, 6.07) is 6.33. The first kappa shape index (κ1) is 9.86. The maximum atomic E-state index is 13.0. The van der Waals surface area contributed by atoms with Crippen LogP contribution in [0.3, 0.4) is 0 Å². The minimum Gasteiger partial charge on any atom is -0.364 e. The van der Waals surface area contributed by atoms with Gasteiger partial charge in [0, 0.05) is 12.0 Å². The van der Waals surface area contributed by atoms with E-state index < -0.39 is 0 Å². The molecule has 1 aromatic heterocycles. The normalized spacial score (nSPS) is 10.5. The van der Waals surface area contributed by atoms with Crippen LogP contribution in [-0.2, 0) is 6.42 Å². The van der Waals surface area contributed by atoms with Gasteiger partial charge in [-0.3, -0.25) is 0 Å². The third-order valence-electron chi connectivity index (χ3n) is 2.16. The molecule has 1 aromatic carbocycles. The van der Waals surface area contributed by atoms with Gasteiger partial charge in [0.25, 0.3) is 0 Å². The first-order valence-corrected chi connectivity index (χ1v) is 4.70. The van der Waals surface area contributed by atoms with E-state index in [1.807, 2.05) is 6.07 Å². The van der Waals surface area contributed by atoms with Gasteiger partial charge in [0.1, 0.15) is 12.1 Å². The van der Waals surface area contributed by atoms with Crippen LogP contribution in [0.5, 0.6) is 0 Å². The lowest BCUT2D eigenvalue weighted by atomic mass is 10.1. The number of rotatable bonds is 3. The van der Waals surface area contributed by atoms with Crippen molar-refractivity contribution in [1.29, 1.82) is 0 Å². The molecule has 0 aliphatic carbocycles. The fourth-order valence-electron chi connectivity index (χ4n) is 1.47. The summed E-state index contributed by atoms with van der Waals surface area (Å²) in [5, 5.41) is 3.83. The summed E-state index contributed by atoms with van der Waals surface area (Å²) < 4.78 is 17.9. The van der Waals surface area contributed by atoms with Crippen molar-refractivity contribution in [3.05, 3.63) is 42.0 Å². The Morgan fingerprint density at radius 2 is 2.27 bits per heavy atom. The molecule has 0 atom stereocenters. The molecule has 2 N–H and O–H groups in total. The highest BCUT2D eigenvalue weighted by molar-refractivity contribution is 5.64. The summed E-state index contributed by atoms with van der Waals surface area (Å²) in [6.07, 6.45) is 2.14. The van der Waals surface area contributed by atoms with Gasteiger partial charge in [0.05, 0.1) is 5.69 Å². The Balaban J connectivity index is 2.40. The van der Waals surface area contributed by atoms with E-state index in [1.54, 1.807) is 6.07 Å². The van der Waals surface area contributed by atoms with Crippen molar-refractivity contribution in [1.82, 2.24) is 5.16 Å². The number of aromatic nitrogens is 1. The van der Waals surface area contributed by atoms with Crippen LogP contribution in [0.25, 0.3) is 11.1 Å². The maximum absolute atomic E-state index is 13.0. The first-order valence-electron chi connectivity index (χ1n) is 4.70. The van der Waals surface area contributed by atoms with Gasteiger partial charge >= 0.3 is 0 Å². The van der Waals surface area contributed by atoms with E-state index in [1.165, 1.54) is 18.4 Å². The number of hydrogen-bond acceptors (Lipinski definition) is 3. The predicted molar refractivity (Wildman–Crippen MR) is 54.7 cm³/mol. The van der Waals surface area contributed by atoms with E-state index in [0.29, 0.717) is 13.0 Å². The molecule has 0 fully saturated rings. The highest BCUT2D eigenvalue weighted by atomic mass is 19.1. The molecule has 4 heteroatoms. The fourth-order valence-corrected chi connectivity index (χ4v) is 1.47. The Hall–Kier alpha value is -1.68. The van der Waals surface area contributed by atoms with Gasteiger partial charge in [-0.2, -0.15) is 0 Å². The number of nitrogens with zero attached hydrogens (tertiary/aromatic N) is 1. The van der Waals surface area contributed by atoms with Crippen molar-refractivity contribution in [3.63, 3.8) is 0 Å². The van der Waals surface area contributed by atoms with Crippen LogP contribution in [0, 0.1) is 5.82 Å². The van der Waals surface area contributed by atoms with Crippen LogP contribution in [-0.4, -0.2) is 11.7 Å². The minimum atomic E-state index is -0.271. The van der Waals surface area contributed by atoms with Crippen molar-refractivity contribution < 1.29 is 8.91 Å². The average molecular weight is 206 g/mol. The first-order chi connectivity index (χ1) is 7.31. The van der Waals surface area contributed by atoms with E-state index in [0.717, 1.165) is 16.8 Å². The van der Waals surface area contributed by atoms with E-state index in [4.69, 9.17) is 10.3 Å². The van der Waals surface area contributed by atoms with Gasteiger partial charge in [-0.05, 0) is 24.2 Å². The van der Waals surface area contributed by atoms with Crippen molar-refractivity contribution >= 4 is 0 Å². The topological polar surface area (TPSA) is 52.0 Å². The molecule has 3 nitrogen and oxygen atoms in total. The van der Waals surface area contributed by atoms with Crippen LogP contribution in [0.15, 0.2) is 35.1 Å². The van der Waals surface area contributed by atoms with E-state index in [9.17, 15) is 4.39 Å². The van der Waals surface area contributed by atoms with Crippen LogP contribution >= 0.6 is 0 Å². The minimum absolute atomic E-state index is 0.271. The third-order valence-corrected chi connectivity index (χ3v) is 2.16. The largest absolute Gasteiger partial charge is 0.364 e. The molecule has 0 bridgehead atoms. The third kappa shape index (κ3) is 2.05. The van der Waals surface area contributed by atoms with E-state index in [2.05, 4.69) is 5.16 Å². The second kappa shape index (κ2) is 4.23. The second-order valence-corrected chi connectivity index (χ2v) is 3.22. The molecule has 0 aliphatic heterocycles. The summed E-state index contributed by atoms with van der Waals surface area (Å²) in [7, 11) is 0. The second-order valence-electron chi connectivity index (χ2n) is 3.22. The molecule has 0 aliphatic rings. The molecule has 78 valence electrons. The Morgan fingerprint density at radius 1 is 1.40 bits per heavy atom. The van der Waals surface area contributed by atoms with Crippen molar-refractivity contribution in [2.45, 2.75) is 6.42 Å². The van der Waals surface area contributed by atoms with Gasteiger partial charge < -0.3 is 10.3 Å². The zero-order valence-corrected chi connectivity index (χ0v) is 8.11. The smallest absolute Gasteiger partial charge is 0.131 e. The molecule has 2 aromatic rings. The number of halogens is 1. The summed E-state index contributed by atoms with van der Waals surface area (Å²) in [6.45, 7) is 0.495. The van der Waals surface area contributed by atoms with Crippen LogP contribution in [0.1, 0.15) is 5.69 Å². The van der Waals surface area contributed by atoms with Gasteiger partial charge in [-0.15, -0.1) is 0 Å².